The molecule has 1 unspecified atom stereocenters. The highest BCUT2D eigenvalue weighted by molar-refractivity contribution is 5.33. The summed E-state index contributed by atoms with van der Waals surface area (Å²) in [5, 5.41) is 3.53. The smallest absolute Gasteiger partial charge is 0.122 e. The Kier molecular flexibility index (Phi) is 8.31. The van der Waals surface area contributed by atoms with Gasteiger partial charge in [0.2, 0.25) is 0 Å². The van der Waals surface area contributed by atoms with Crippen LogP contribution in [0.1, 0.15) is 32.8 Å². The molecule has 0 aliphatic carbocycles. The highest BCUT2D eigenvalue weighted by atomic mass is 16.5. The monoisotopic (exact) mass is 279 g/mol. The van der Waals surface area contributed by atoms with Gasteiger partial charge in [-0.25, -0.2) is 0 Å². The molecule has 0 amide bonds. The first-order chi connectivity index (χ1) is 9.67. The maximum Gasteiger partial charge on any atom is 0.122 e. The van der Waals surface area contributed by atoms with Crippen molar-refractivity contribution in [2.75, 3.05) is 26.9 Å². The van der Waals surface area contributed by atoms with Crippen molar-refractivity contribution in [2.24, 2.45) is 5.92 Å². The number of hydrogen-bond acceptors (Lipinski definition) is 3. The summed E-state index contributed by atoms with van der Waals surface area (Å²) in [5.41, 5.74) is 1.28. The summed E-state index contributed by atoms with van der Waals surface area (Å²) in [6.45, 7) is 9.05. The summed E-state index contributed by atoms with van der Waals surface area (Å²) in [6.07, 6.45) is 2.10. The van der Waals surface area contributed by atoms with Crippen LogP contribution >= 0.6 is 0 Å². The van der Waals surface area contributed by atoms with Crippen molar-refractivity contribution >= 4 is 0 Å². The molecule has 0 saturated carbocycles. The fourth-order valence-corrected chi connectivity index (χ4v) is 2.26. The zero-order valence-corrected chi connectivity index (χ0v) is 13.3. The molecule has 0 saturated heterocycles. The summed E-state index contributed by atoms with van der Waals surface area (Å²) >= 11 is 0. The molecule has 0 spiro atoms. The van der Waals surface area contributed by atoms with Crippen molar-refractivity contribution in [1.82, 2.24) is 5.32 Å². The van der Waals surface area contributed by atoms with Crippen LogP contribution in [0.15, 0.2) is 24.3 Å². The number of methoxy groups -OCH3 is 1. The van der Waals surface area contributed by atoms with Crippen molar-refractivity contribution in [3.05, 3.63) is 29.8 Å². The third-order valence-electron chi connectivity index (χ3n) is 3.39. The number of benzene rings is 1. The summed E-state index contributed by atoms with van der Waals surface area (Å²) in [4.78, 5) is 0. The van der Waals surface area contributed by atoms with Crippen molar-refractivity contribution in [3.8, 4) is 5.75 Å². The molecule has 0 aliphatic rings. The molecule has 3 nitrogen and oxygen atoms in total. The Morgan fingerprint density at radius 2 is 1.95 bits per heavy atom. The van der Waals surface area contributed by atoms with Crippen LogP contribution in [-0.2, 0) is 11.2 Å². The van der Waals surface area contributed by atoms with Crippen LogP contribution in [0.25, 0.3) is 0 Å². The Labute approximate surface area is 123 Å². The average Bonchev–Trinajstić information content (AvgIpc) is 2.45. The van der Waals surface area contributed by atoms with Crippen LogP contribution in [-0.4, -0.2) is 32.9 Å². The van der Waals surface area contributed by atoms with E-state index in [1.807, 2.05) is 19.1 Å². The standard InChI is InChI=1S/C17H29NO2/c1-5-20-11-10-15(13-18-14(2)3)12-16-8-6-7-9-17(16)19-4/h6-9,14-15,18H,5,10-13H2,1-4H3. The maximum absolute atomic E-state index is 5.51. The fourth-order valence-electron chi connectivity index (χ4n) is 2.26. The molecule has 1 atom stereocenters. The summed E-state index contributed by atoms with van der Waals surface area (Å²) in [7, 11) is 1.74. The lowest BCUT2D eigenvalue weighted by atomic mass is 9.95. The Hall–Kier alpha value is -1.06. The molecule has 1 aromatic carbocycles. The molecule has 1 aromatic rings. The quantitative estimate of drug-likeness (QED) is 0.667. The van der Waals surface area contributed by atoms with Crippen molar-refractivity contribution in [2.45, 2.75) is 39.7 Å². The lowest BCUT2D eigenvalue weighted by Gasteiger charge is -2.20. The van der Waals surface area contributed by atoms with E-state index in [-0.39, 0.29) is 0 Å². The summed E-state index contributed by atoms with van der Waals surface area (Å²) in [5.74, 6) is 1.55. The highest BCUT2D eigenvalue weighted by Gasteiger charge is 2.13. The van der Waals surface area contributed by atoms with Crippen LogP contribution in [0, 0.1) is 5.92 Å². The molecule has 0 aliphatic heterocycles. The van der Waals surface area contributed by atoms with Gasteiger partial charge in [-0.3, -0.25) is 0 Å². The van der Waals surface area contributed by atoms with Crippen molar-refractivity contribution in [3.63, 3.8) is 0 Å². The van der Waals surface area contributed by atoms with Gasteiger partial charge in [0.15, 0.2) is 0 Å². The Balaban J connectivity index is 2.61. The largest absolute Gasteiger partial charge is 0.496 e. The predicted molar refractivity (Wildman–Crippen MR) is 84.4 cm³/mol. The van der Waals surface area contributed by atoms with Crippen LogP contribution in [0.3, 0.4) is 0 Å². The molecule has 1 N–H and O–H groups in total. The van der Waals surface area contributed by atoms with E-state index < -0.39 is 0 Å². The molecular formula is C17H29NO2. The minimum Gasteiger partial charge on any atom is -0.496 e. The normalized spacial score (nSPS) is 12.7. The van der Waals surface area contributed by atoms with Gasteiger partial charge < -0.3 is 14.8 Å². The van der Waals surface area contributed by atoms with Gasteiger partial charge in [-0.15, -0.1) is 0 Å². The van der Waals surface area contributed by atoms with E-state index in [4.69, 9.17) is 9.47 Å². The molecule has 0 heterocycles. The van der Waals surface area contributed by atoms with Gasteiger partial charge in [0, 0.05) is 19.3 Å². The van der Waals surface area contributed by atoms with E-state index in [1.54, 1.807) is 7.11 Å². The first kappa shape index (κ1) is 17.0. The Bertz CT molecular complexity index is 366. The van der Waals surface area contributed by atoms with Gasteiger partial charge in [0.25, 0.3) is 0 Å². The van der Waals surface area contributed by atoms with E-state index in [9.17, 15) is 0 Å². The van der Waals surface area contributed by atoms with Gasteiger partial charge in [-0.1, -0.05) is 32.0 Å². The second-order valence-corrected chi connectivity index (χ2v) is 5.43. The van der Waals surface area contributed by atoms with E-state index in [0.717, 1.165) is 38.3 Å². The van der Waals surface area contributed by atoms with Gasteiger partial charge in [0.1, 0.15) is 5.75 Å². The van der Waals surface area contributed by atoms with Crippen LogP contribution in [0.2, 0.25) is 0 Å². The maximum atomic E-state index is 5.51. The number of rotatable bonds is 10. The zero-order valence-electron chi connectivity index (χ0n) is 13.3. The molecule has 0 radical (unpaired) electrons. The van der Waals surface area contributed by atoms with E-state index in [2.05, 4.69) is 31.3 Å². The van der Waals surface area contributed by atoms with E-state index in [1.165, 1.54) is 5.56 Å². The van der Waals surface area contributed by atoms with Gasteiger partial charge in [0.05, 0.1) is 7.11 Å². The fraction of sp³-hybridized carbons (Fsp3) is 0.647. The van der Waals surface area contributed by atoms with E-state index >= 15 is 0 Å². The SMILES string of the molecule is CCOCCC(CNC(C)C)Cc1ccccc1OC. The van der Waals surface area contributed by atoms with E-state index in [0.29, 0.717) is 12.0 Å². The highest BCUT2D eigenvalue weighted by Crippen LogP contribution is 2.22. The summed E-state index contributed by atoms with van der Waals surface area (Å²) in [6, 6.07) is 8.80. The molecule has 1 rings (SSSR count). The molecular weight excluding hydrogens is 250 g/mol. The van der Waals surface area contributed by atoms with Crippen molar-refractivity contribution in [1.29, 1.82) is 0 Å². The molecule has 114 valence electrons. The molecule has 0 aromatic heterocycles. The molecule has 3 heteroatoms. The summed E-state index contributed by atoms with van der Waals surface area (Å²) < 4.78 is 11.0. The van der Waals surface area contributed by atoms with Gasteiger partial charge in [-0.05, 0) is 43.9 Å². The van der Waals surface area contributed by atoms with Gasteiger partial charge >= 0.3 is 0 Å². The Morgan fingerprint density at radius 1 is 1.20 bits per heavy atom. The average molecular weight is 279 g/mol. The van der Waals surface area contributed by atoms with Gasteiger partial charge in [-0.2, -0.15) is 0 Å². The first-order valence-electron chi connectivity index (χ1n) is 7.60. The minimum absolute atomic E-state index is 0.516. The van der Waals surface area contributed by atoms with Crippen LogP contribution in [0.5, 0.6) is 5.75 Å². The number of ether oxygens (including phenoxy) is 2. The number of para-hydroxylation sites is 1. The first-order valence-corrected chi connectivity index (χ1v) is 7.60. The molecule has 0 bridgehead atoms. The topological polar surface area (TPSA) is 30.5 Å². The molecule has 0 fully saturated rings. The lowest BCUT2D eigenvalue weighted by molar-refractivity contribution is 0.131. The second-order valence-electron chi connectivity index (χ2n) is 5.43. The van der Waals surface area contributed by atoms with Crippen LogP contribution in [0.4, 0.5) is 0 Å². The third kappa shape index (κ3) is 6.40. The third-order valence-corrected chi connectivity index (χ3v) is 3.39. The predicted octanol–water partition coefficient (Wildman–Crippen LogP) is 3.28. The number of hydrogen-bond donors (Lipinski definition) is 1. The lowest BCUT2D eigenvalue weighted by Crippen LogP contribution is -2.30. The molecule has 20 heavy (non-hydrogen) atoms. The van der Waals surface area contributed by atoms with Crippen LogP contribution < -0.4 is 10.1 Å². The zero-order chi connectivity index (χ0) is 14.8. The second kappa shape index (κ2) is 9.78. The van der Waals surface area contributed by atoms with Crippen molar-refractivity contribution < 1.29 is 9.47 Å². The Morgan fingerprint density at radius 3 is 2.60 bits per heavy atom. The minimum atomic E-state index is 0.516. The number of nitrogens with one attached hydrogen (secondary N) is 1.